The molecule has 0 fully saturated rings. The molecular weight excluding hydrogens is 212 g/mol. The highest BCUT2D eigenvalue weighted by Gasteiger charge is 2.04. The Kier molecular flexibility index (Phi) is 4.24. The van der Waals surface area contributed by atoms with Crippen LogP contribution in [0, 0.1) is 11.3 Å². The molecule has 0 spiro atoms. The minimum absolute atomic E-state index is 0.0737. The Bertz CT molecular complexity index is 521. The van der Waals surface area contributed by atoms with Crippen molar-refractivity contribution >= 4 is 11.5 Å². The number of hydrogen-bond acceptors (Lipinski definition) is 3. The van der Waals surface area contributed by atoms with Crippen molar-refractivity contribution in [3.8, 4) is 6.07 Å². The fourth-order valence-corrected chi connectivity index (χ4v) is 1.29. The van der Waals surface area contributed by atoms with Crippen LogP contribution in [0.3, 0.4) is 0 Å². The SMILES string of the molecule is C=C(C)/C=C(\Nc1cccc(C#N)c1)C(C)=O. The highest BCUT2D eigenvalue weighted by molar-refractivity contribution is 5.96. The van der Waals surface area contributed by atoms with Crippen LogP contribution in [-0.2, 0) is 4.79 Å². The molecule has 1 N–H and O–H groups in total. The number of carbonyl (C=O) groups excluding carboxylic acids is 1. The van der Waals surface area contributed by atoms with E-state index in [-0.39, 0.29) is 5.78 Å². The van der Waals surface area contributed by atoms with Crippen LogP contribution in [0.5, 0.6) is 0 Å². The summed E-state index contributed by atoms with van der Waals surface area (Å²) >= 11 is 0. The Balaban J connectivity index is 2.99. The number of anilines is 1. The molecule has 0 unspecified atom stereocenters. The van der Waals surface area contributed by atoms with Crippen LogP contribution in [0.4, 0.5) is 5.69 Å². The molecule has 0 radical (unpaired) electrons. The van der Waals surface area contributed by atoms with Gasteiger partial charge in [-0.15, -0.1) is 0 Å². The van der Waals surface area contributed by atoms with E-state index in [0.29, 0.717) is 16.9 Å². The summed E-state index contributed by atoms with van der Waals surface area (Å²) in [7, 11) is 0. The molecule has 0 saturated carbocycles. The number of nitrogens with one attached hydrogen (secondary N) is 1. The lowest BCUT2D eigenvalue weighted by atomic mass is 10.2. The van der Waals surface area contributed by atoms with Gasteiger partial charge in [0.05, 0.1) is 17.3 Å². The van der Waals surface area contributed by atoms with E-state index < -0.39 is 0 Å². The molecule has 0 aliphatic heterocycles. The van der Waals surface area contributed by atoms with Crippen LogP contribution >= 0.6 is 0 Å². The summed E-state index contributed by atoms with van der Waals surface area (Å²) in [6.07, 6.45) is 1.68. The van der Waals surface area contributed by atoms with Gasteiger partial charge in [0.1, 0.15) is 0 Å². The lowest BCUT2D eigenvalue weighted by Crippen LogP contribution is -2.08. The topological polar surface area (TPSA) is 52.9 Å². The second-order valence-electron chi connectivity index (χ2n) is 3.78. The second kappa shape index (κ2) is 5.66. The summed E-state index contributed by atoms with van der Waals surface area (Å²) in [5.74, 6) is -0.0737. The van der Waals surface area contributed by atoms with E-state index >= 15 is 0 Å². The van der Waals surface area contributed by atoms with Crippen LogP contribution in [0.1, 0.15) is 19.4 Å². The Hall–Kier alpha value is -2.34. The van der Waals surface area contributed by atoms with Crippen molar-refractivity contribution in [1.29, 1.82) is 5.26 Å². The number of carbonyl (C=O) groups is 1. The van der Waals surface area contributed by atoms with E-state index in [4.69, 9.17) is 5.26 Å². The van der Waals surface area contributed by atoms with Gasteiger partial charge in [-0.3, -0.25) is 4.79 Å². The predicted octanol–water partition coefficient (Wildman–Crippen LogP) is 3.02. The van der Waals surface area contributed by atoms with Gasteiger partial charge in [0.25, 0.3) is 0 Å². The first-order valence-electron chi connectivity index (χ1n) is 5.18. The first-order chi connectivity index (χ1) is 8.02. The molecule has 1 aromatic rings. The Morgan fingerprint density at radius 3 is 2.71 bits per heavy atom. The molecule has 0 aromatic heterocycles. The third kappa shape index (κ3) is 3.96. The largest absolute Gasteiger partial charge is 0.353 e. The van der Waals surface area contributed by atoms with E-state index in [2.05, 4.69) is 11.9 Å². The monoisotopic (exact) mass is 226 g/mol. The van der Waals surface area contributed by atoms with E-state index in [0.717, 1.165) is 5.57 Å². The number of Topliss-reactive ketones (excluding diaryl/α,β-unsaturated/α-hetero) is 1. The summed E-state index contributed by atoms with van der Waals surface area (Å²) in [6.45, 7) is 7.03. The number of allylic oxidation sites excluding steroid dienone is 3. The Labute approximate surface area is 101 Å². The maximum atomic E-state index is 11.4. The molecular formula is C14H14N2O. The maximum Gasteiger partial charge on any atom is 0.175 e. The fraction of sp³-hybridized carbons (Fsp3) is 0.143. The molecule has 0 saturated heterocycles. The van der Waals surface area contributed by atoms with Crippen LogP contribution in [-0.4, -0.2) is 5.78 Å². The fourth-order valence-electron chi connectivity index (χ4n) is 1.29. The molecule has 3 nitrogen and oxygen atoms in total. The van der Waals surface area contributed by atoms with Crippen molar-refractivity contribution in [1.82, 2.24) is 0 Å². The quantitative estimate of drug-likeness (QED) is 0.634. The highest BCUT2D eigenvalue weighted by Crippen LogP contribution is 2.13. The van der Waals surface area contributed by atoms with Gasteiger partial charge in [0, 0.05) is 12.6 Å². The second-order valence-corrected chi connectivity index (χ2v) is 3.78. The number of nitrogens with zero attached hydrogens (tertiary/aromatic N) is 1. The average Bonchev–Trinajstić information content (AvgIpc) is 2.27. The third-order valence-corrected chi connectivity index (χ3v) is 2.04. The Morgan fingerprint density at radius 2 is 2.18 bits per heavy atom. The number of rotatable bonds is 4. The van der Waals surface area contributed by atoms with Crippen LogP contribution in [0.25, 0.3) is 0 Å². The molecule has 1 aromatic carbocycles. The van der Waals surface area contributed by atoms with Crippen molar-refractivity contribution in [2.75, 3.05) is 5.32 Å². The zero-order chi connectivity index (χ0) is 12.8. The van der Waals surface area contributed by atoms with Gasteiger partial charge in [0.15, 0.2) is 5.78 Å². The van der Waals surface area contributed by atoms with Crippen LogP contribution < -0.4 is 5.32 Å². The van der Waals surface area contributed by atoms with E-state index in [9.17, 15) is 4.79 Å². The van der Waals surface area contributed by atoms with Crippen molar-refractivity contribution in [2.24, 2.45) is 0 Å². The molecule has 86 valence electrons. The van der Waals surface area contributed by atoms with Gasteiger partial charge in [-0.05, 0) is 31.2 Å². The molecule has 3 heteroatoms. The smallest absolute Gasteiger partial charge is 0.175 e. The van der Waals surface area contributed by atoms with E-state index in [1.54, 1.807) is 30.3 Å². The summed E-state index contributed by atoms with van der Waals surface area (Å²) in [6, 6.07) is 9.01. The summed E-state index contributed by atoms with van der Waals surface area (Å²) < 4.78 is 0. The minimum atomic E-state index is -0.0737. The summed E-state index contributed by atoms with van der Waals surface area (Å²) in [5.41, 5.74) is 2.52. The zero-order valence-electron chi connectivity index (χ0n) is 9.95. The molecule has 1 rings (SSSR count). The first kappa shape index (κ1) is 12.7. The number of ketones is 1. The van der Waals surface area contributed by atoms with Crippen LogP contribution in [0.15, 0.2) is 48.2 Å². The molecule has 0 aliphatic rings. The third-order valence-electron chi connectivity index (χ3n) is 2.04. The lowest BCUT2D eigenvalue weighted by molar-refractivity contribution is -0.113. The zero-order valence-corrected chi connectivity index (χ0v) is 9.95. The number of hydrogen-bond donors (Lipinski definition) is 1. The normalized spacial score (nSPS) is 10.5. The summed E-state index contributed by atoms with van der Waals surface area (Å²) in [4.78, 5) is 11.4. The maximum absolute atomic E-state index is 11.4. The van der Waals surface area contributed by atoms with Gasteiger partial charge >= 0.3 is 0 Å². The molecule has 0 atom stereocenters. The van der Waals surface area contributed by atoms with Gasteiger partial charge in [-0.25, -0.2) is 0 Å². The predicted molar refractivity (Wildman–Crippen MR) is 68.4 cm³/mol. The van der Waals surface area contributed by atoms with Gasteiger partial charge in [0.2, 0.25) is 0 Å². The molecule has 0 amide bonds. The molecule has 0 aliphatic carbocycles. The minimum Gasteiger partial charge on any atom is -0.353 e. The van der Waals surface area contributed by atoms with Gasteiger partial charge < -0.3 is 5.32 Å². The molecule has 0 bridgehead atoms. The van der Waals surface area contributed by atoms with E-state index in [1.807, 2.05) is 13.0 Å². The van der Waals surface area contributed by atoms with Crippen molar-refractivity contribution < 1.29 is 4.79 Å². The first-order valence-corrected chi connectivity index (χ1v) is 5.18. The lowest BCUT2D eigenvalue weighted by Gasteiger charge is -2.08. The number of nitriles is 1. The van der Waals surface area contributed by atoms with E-state index in [1.165, 1.54) is 6.92 Å². The standard InChI is InChI=1S/C14H14N2O/c1-10(2)7-14(11(3)17)16-13-6-4-5-12(8-13)9-15/h4-8,16H,1H2,2-3H3/b14-7-. The van der Waals surface area contributed by atoms with Crippen molar-refractivity contribution in [2.45, 2.75) is 13.8 Å². The molecule has 0 heterocycles. The Morgan fingerprint density at radius 1 is 1.47 bits per heavy atom. The average molecular weight is 226 g/mol. The van der Waals surface area contributed by atoms with Crippen molar-refractivity contribution in [3.63, 3.8) is 0 Å². The number of benzene rings is 1. The van der Waals surface area contributed by atoms with Gasteiger partial charge in [-0.2, -0.15) is 5.26 Å². The van der Waals surface area contributed by atoms with Crippen molar-refractivity contribution in [3.05, 3.63) is 53.8 Å². The summed E-state index contributed by atoms with van der Waals surface area (Å²) in [5, 5.41) is 11.8. The van der Waals surface area contributed by atoms with Gasteiger partial charge in [-0.1, -0.05) is 18.2 Å². The highest BCUT2D eigenvalue weighted by atomic mass is 16.1. The van der Waals surface area contributed by atoms with Crippen LogP contribution in [0.2, 0.25) is 0 Å². The molecule has 17 heavy (non-hydrogen) atoms.